The molecule has 0 radical (unpaired) electrons. The minimum atomic E-state index is -0.393. The molecule has 0 aliphatic carbocycles. The van der Waals surface area contributed by atoms with Crippen LogP contribution in [0.25, 0.3) is 0 Å². The number of amides is 1. The van der Waals surface area contributed by atoms with Crippen LogP contribution in [0.15, 0.2) is 42.7 Å². The molecule has 1 amide bonds. The van der Waals surface area contributed by atoms with E-state index in [-0.39, 0.29) is 10.7 Å². The zero-order valence-electron chi connectivity index (χ0n) is 11.3. The fourth-order valence-corrected chi connectivity index (χ4v) is 2.34. The van der Waals surface area contributed by atoms with E-state index in [1.807, 2.05) is 24.3 Å². The van der Waals surface area contributed by atoms with Crippen LogP contribution >= 0.6 is 23.2 Å². The standard InChI is InChI=1S/C14H11Cl2N5O/c15-10-3-1-2-9(6-10)8-21-5-4-12(20-21)18-14(22)13-11(16)7-17-19-13/h1-7H,8H2,(H,17,19)(H,18,20,22). The Kier molecular flexibility index (Phi) is 4.13. The van der Waals surface area contributed by atoms with Crippen molar-refractivity contribution in [2.24, 2.45) is 0 Å². The zero-order chi connectivity index (χ0) is 15.5. The molecule has 0 spiro atoms. The van der Waals surface area contributed by atoms with Crippen LogP contribution in [0.2, 0.25) is 10.0 Å². The second-order valence-corrected chi connectivity index (χ2v) is 5.42. The van der Waals surface area contributed by atoms with E-state index in [9.17, 15) is 4.79 Å². The van der Waals surface area contributed by atoms with Gasteiger partial charge in [-0.25, -0.2) is 0 Å². The Morgan fingerprint density at radius 3 is 2.91 bits per heavy atom. The summed E-state index contributed by atoms with van der Waals surface area (Å²) in [5, 5.41) is 14.1. The number of carbonyl (C=O) groups is 1. The number of hydrogen-bond acceptors (Lipinski definition) is 3. The van der Waals surface area contributed by atoms with Crippen molar-refractivity contribution in [3.05, 3.63) is 64.0 Å². The molecule has 2 heterocycles. The van der Waals surface area contributed by atoms with Crippen LogP contribution in [0.5, 0.6) is 0 Å². The molecule has 8 heteroatoms. The first kappa shape index (κ1) is 14.6. The van der Waals surface area contributed by atoms with Crippen LogP contribution in [-0.2, 0) is 6.54 Å². The predicted octanol–water partition coefficient (Wildman–Crippen LogP) is 3.21. The summed E-state index contributed by atoms with van der Waals surface area (Å²) in [4.78, 5) is 12.0. The third-order valence-electron chi connectivity index (χ3n) is 2.94. The van der Waals surface area contributed by atoms with Crippen molar-refractivity contribution >= 4 is 34.9 Å². The molecule has 112 valence electrons. The van der Waals surface area contributed by atoms with Gasteiger partial charge >= 0.3 is 0 Å². The highest BCUT2D eigenvalue weighted by Crippen LogP contribution is 2.15. The zero-order valence-corrected chi connectivity index (χ0v) is 12.8. The van der Waals surface area contributed by atoms with E-state index < -0.39 is 5.91 Å². The van der Waals surface area contributed by atoms with Crippen LogP contribution in [0.4, 0.5) is 5.82 Å². The first-order chi connectivity index (χ1) is 10.6. The van der Waals surface area contributed by atoms with Crippen molar-refractivity contribution in [3.8, 4) is 0 Å². The molecule has 2 aromatic heterocycles. The lowest BCUT2D eigenvalue weighted by Crippen LogP contribution is -2.14. The second-order valence-electron chi connectivity index (χ2n) is 4.58. The summed E-state index contributed by atoms with van der Waals surface area (Å²) < 4.78 is 1.70. The lowest BCUT2D eigenvalue weighted by Gasteiger charge is -2.03. The molecule has 1 aromatic carbocycles. The molecule has 6 nitrogen and oxygen atoms in total. The number of H-pyrrole nitrogens is 1. The lowest BCUT2D eigenvalue weighted by atomic mass is 10.2. The number of aromatic nitrogens is 4. The van der Waals surface area contributed by atoms with Gasteiger partial charge in [0, 0.05) is 17.3 Å². The molecule has 0 aliphatic rings. The fraction of sp³-hybridized carbons (Fsp3) is 0.0714. The quantitative estimate of drug-likeness (QED) is 0.768. The van der Waals surface area contributed by atoms with E-state index in [0.29, 0.717) is 17.4 Å². The number of aromatic amines is 1. The van der Waals surface area contributed by atoms with Crippen LogP contribution in [-0.4, -0.2) is 25.9 Å². The highest BCUT2D eigenvalue weighted by Gasteiger charge is 2.13. The number of anilines is 1. The molecule has 0 bridgehead atoms. The van der Waals surface area contributed by atoms with Gasteiger partial charge in [-0.2, -0.15) is 10.2 Å². The Morgan fingerprint density at radius 2 is 2.18 bits per heavy atom. The Balaban J connectivity index is 1.69. The molecule has 0 aliphatic heterocycles. The van der Waals surface area contributed by atoms with Gasteiger partial charge in [-0.15, -0.1) is 0 Å². The average molecular weight is 336 g/mol. The highest BCUT2D eigenvalue weighted by atomic mass is 35.5. The third-order valence-corrected chi connectivity index (χ3v) is 3.46. The molecule has 22 heavy (non-hydrogen) atoms. The summed E-state index contributed by atoms with van der Waals surface area (Å²) in [6.45, 7) is 0.557. The van der Waals surface area contributed by atoms with Crippen molar-refractivity contribution in [3.63, 3.8) is 0 Å². The maximum Gasteiger partial charge on any atom is 0.276 e. The Morgan fingerprint density at radius 1 is 1.32 bits per heavy atom. The van der Waals surface area contributed by atoms with Gasteiger partial charge in [0.15, 0.2) is 5.82 Å². The van der Waals surface area contributed by atoms with Gasteiger partial charge in [-0.3, -0.25) is 14.6 Å². The van der Waals surface area contributed by atoms with Gasteiger partial charge in [0.2, 0.25) is 0 Å². The number of carbonyl (C=O) groups excluding carboxylic acids is 1. The fourth-order valence-electron chi connectivity index (χ4n) is 1.95. The Labute approximate surface area is 136 Å². The van der Waals surface area contributed by atoms with E-state index in [2.05, 4.69) is 20.6 Å². The summed E-state index contributed by atoms with van der Waals surface area (Å²) in [6, 6.07) is 9.22. The van der Waals surface area contributed by atoms with Crippen LogP contribution in [0.1, 0.15) is 16.1 Å². The summed E-state index contributed by atoms with van der Waals surface area (Å²) in [5.74, 6) is 0.0354. The smallest absolute Gasteiger partial charge is 0.276 e. The summed E-state index contributed by atoms with van der Waals surface area (Å²) in [6.07, 6.45) is 3.14. The number of rotatable bonds is 4. The maximum absolute atomic E-state index is 12.0. The third kappa shape index (κ3) is 3.29. The van der Waals surface area contributed by atoms with Crippen molar-refractivity contribution in [2.45, 2.75) is 6.54 Å². The van der Waals surface area contributed by atoms with Crippen molar-refractivity contribution in [2.75, 3.05) is 5.32 Å². The van der Waals surface area contributed by atoms with Gasteiger partial charge in [-0.1, -0.05) is 35.3 Å². The van der Waals surface area contributed by atoms with Gasteiger partial charge < -0.3 is 5.32 Å². The normalized spacial score (nSPS) is 10.6. The molecular formula is C14H11Cl2N5O. The molecule has 0 saturated heterocycles. The minimum absolute atomic E-state index is 0.200. The van der Waals surface area contributed by atoms with Crippen LogP contribution in [0.3, 0.4) is 0 Å². The van der Waals surface area contributed by atoms with E-state index >= 15 is 0 Å². The number of nitrogens with one attached hydrogen (secondary N) is 2. The Bertz CT molecular complexity index is 811. The van der Waals surface area contributed by atoms with Crippen molar-refractivity contribution in [1.82, 2.24) is 20.0 Å². The topological polar surface area (TPSA) is 75.6 Å². The molecule has 0 unspecified atom stereocenters. The molecule has 3 aromatic rings. The van der Waals surface area contributed by atoms with E-state index in [1.54, 1.807) is 16.9 Å². The molecule has 2 N–H and O–H groups in total. The summed E-state index contributed by atoms with van der Waals surface area (Å²) in [7, 11) is 0. The van der Waals surface area contributed by atoms with Gasteiger partial charge in [0.05, 0.1) is 17.8 Å². The number of halogens is 2. The number of benzene rings is 1. The number of hydrogen-bond donors (Lipinski definition) is 2. The van der Waals surface area contributed by atoms with Crippen molar-refractivity contribution in [1.29, 1.82) is 0 Å². The van der Waals surface area contributed by atoms with Crippen LogP contribution < -0.4 is 5.32 Å². The molecular weight excluding hydrogens is 325 g/mol. The Hall–Kier alpha value is -2.31. The van der Waals surface area contributed by atoms with Gasteiger partial charge in [0.1, 0.15) is 5.69 Å². The second kappa shape index (κ2) is 6.21. The van der Waals surface area contributed by atoms with Crippen molar-refractivity contribution < 1.29 is 4.79 Å². The average Bonchev–Trinajstić information content (AvgIpc) is 3.08. The van der Waals surface area contributed by atoms with E-state index in [0.717, 1.165) is 5.56 Å². The highest BCUT2D eigenvalue weighted by molar-refractivity contribution is 6.34. The molecule has 0 saturated carbocycles. The largest absolute Gasteiger partial charge is 0.304 e. The maximum atomic E-state index is 12.0. The van der Waals surface area contributed by atoms with E-state index in [4.69, 9.17) is 23.2 Å². The summed E-state index contributed by atoms with van der Waals surface area (Å²) >= 11 is 11.8. The molecule has 0 atom stereocenters. The lowest BCUT2D eigenvalue weighted by molar-refractivity contribution is 0.102. The SMILES string of the molecule is O=C(Nc1ccn(Cc2cccc(Cl)c2)n1)c1[nH]ncc1Cl. The number of nitrogens with zero attached hydrogens (tertiary/aromatic N) is 3. The molecule has 3 rings (SSSR count). The summed E-state index contributed by atoms with van der Waals surface area (Å²) in [5.41, 5.74) is 1.22. The first-order valence-corrected chi connectivity index (χ1v) is 7.15. The van der Waals surface area contributed by atoms with Crippen LogP contribution in [0, 0.1) is 0 Å². The predicted molar refractivity (Wildman–Crippen MR) is 84.3 cm³/mol. The monoisotopic (exact) mass is 335 g/mol. The first-order valence-electron chi connectivity index (χ1n) is 6.40. The van der Waals surface area contributed by atoms with E-state index in [1.165, 1.54) is 6.20 Å². The molecule has 0 fully saturated rings. The van der Waals surface area contributed by atoms with Gasteiger partial charge in [-0.05, 0) is 17.7 Å². The van der Waals surface area contributed by atoms with Gasteiger partial charge in [0.25, 0.3) is 5.91 Å². The minimum Gasteiger partial charge on any atom is -0.304 e.